The zero-order chi connectivity index (χ0) is 15.7. The Hall–Kier alpha value is 0.110. The van der Waals surface area contributed by atoms with Crippen molar-refractivity contribution in [2.75, 3.05) is 0 Å². The summed E-state index contributed by atoms with van der Waals surface area (Å²) in [5, 5.41) is 0. The summed E-state index contributed by atoms with van der Waals surface area (Å²) in [7, 11) is -3.91. The quantitative estimate of drug-likeness (QED) is 0.736. The standard InChI is InChI=1S/C16H31O4P/c1-15(2)9-5-13(6-10-15)19-21(17,18)20-14-7-11-16(3,4)12-8-14/h13-14H,5-12H2,1-4H3,(H,17,18). The van der Waals surface area contributed by atoms with Crippen molar-refractivity contribution < 1.29 is 18.5 Å². The van der Waals surface area contributed by atoms with Crippen LogP contribution < -0.4 is 0 Å². The lowest BCUT2D eigenvalue weighted by Crippen LogP contribution is -2.28. The van der Waals surface area contributed by atoms with Gasteiger partial charge in [0.2, 0.25) is 0 Å². The van der Waals surface area contributed by atoms with Gasteiger partial charge in [-0.25, -0.2) is 4.57 Å². The van der Waals surface area contributed by atoms with Crippen LogP contribution in [0.5, 0.6) is 0 Å². The average molecular weight is 318 g/mol. The summed E-state index contributed by atoms with van der Waals surface area (Å²) in [5.74, 6) is 0. The summed E-state index contributed by atoms with van der Waals surface area (Å²) >= 11 is 0. The second kappa shape index (κ2) is 6.31. The van der Waals surface area contributed by atoms with Crippen molar-refractivity contribution in [1.82, 2.24) is 0 Å². The van der Waals surface area contributed by atoms with Crippen molar-refractivity contribution >= 4 is 7.82 Å². The highest BCUT2D eigenvalue weighted by Crippen LogP contribution is 2.51. The number of hydrogen-bond donors (Lipinski definition) is 1. The minimum absolute atomic E-state index is 0.131. The molecule has 0 saturated heterocycles. The number of phosphoric acid groups is 1. The van der Waals surface area contributed by atoms with Crippen LogP contribution in [0.4, 0.5) is 0 Å². The van der Waals surface area contributed by atoms with E-state index < -0.39 is 7.82 Å². The van der Waals surface area contributed by atoms with Gasteiger partial charge in [-0.15, -0.1) is 0 Å². The average Bonchev–Trinajstić information content (AvgIpc) is 2.34. The van der Waals surface area contributed by atoms with Gasteiger partial charge in [0, 0.05) is 0 Å². The summed E-state index contributed by atoms with van der Waals surface area (Å²) in [6, 6.07) is 0. The van der Waals surface area contributed by atoms with Gasteiger partial charge < -0.3 is 4.89 Å². The molecule has 21 heavy (non-hydrogen) atoms. The number of rotatable bonds is 4. The molecular weight excluding hydrogens is 287 g/mol. The number of phosphoric ester groups is 1. The molecule has 4 nitrogen and oxygen atoms in total. The molecule has 2 aliphatic rings. The second-order valence-corrected chi connectivity index (χ2v) is 9.77. The summed E-state index contributed by atoms with van der Waals surface area (Å²) in [6.07, 6.45) is 7.27. The van der Waals surface area contributed by atoms with E-state index in [9.17, 15) is 9.46 Å². The normalized spacial score (nSPS) is 27.7. The van der Waals surface area contributed by atoms with Crippen LogP contribution in [-0.4, -0.2) is 17.1 Å². The van der Waals surface area contributed by atoms with Crippen LogP contribution in [0.2, 0.25) is 0 Å². The van der Waals surface area contributed by atoms with E-state index in [1.54, 1.807) is 0 Å². The van der Waals surface area contributed by atoms with Gasteiger partial charge in [-0.3, -0.25) is 9.05 Å². The van der Waals surface area contributed by atoms with Gasteiger partial charge >= 0.3 is 7.82 Å². The van der Waals surface area contributed by atoms with Crippen LogP contribution in [0.3, 0.4) is 0 Å². The fraction of sp³-hybridized carbons (Fsp3) is 1.00. The van der Waals surface area contributed by atoms with Gasteiger partial charge in [0.05, 0.1) is 12.2 Å². The minimum atomic E-state index is -3.91. The van der Waals surface area contributed by atoms with E-state index in [0.717, 1.165) is 51.4 Å². The fourth-order valence-corrected chi connectivity index (χ4v) is 4.58. The molecule has 0 unspecified atom stereocenters. The topological polar surface area (TPSA) is 55.8 Å². The Bertz CT molecular complexity index is 351. The maximum Gasteiger partial charge on any atom is 0.472 e. The molecule has 5 heteroatoms. The van der Waals surface area contributed by atoms with E-state index in [4.69, 9.17) is 9.05 Å². The molecule has 2 aliphatic carbocycles. The van der Waals surface area contributed by atoms with Crippen molar-refractivity contribution in [1.29, 1.82) is 0 Å². The lowest BCUT2D eigenvalue weighted by atomic mass is 9.76. The molecule has 0 atom stereocenters. The van der Waals surface area contributed by atoms with Gasteiger partial charge in [0.15, 0.2) is 0 Å². The van der Waals surface area contributed by atoms with Crippen LogP contribution in [-0.2, 0) is 13.6 Å². The second-order valence-electron chi connectivity index (χ2n) is 8.41. The largest absolute Gasteiger partial charge is 0.472 e. The third kappa shape index (κ3) is 5.67. The third-order valence-electron chi connectivity index (χ3n) is 5.14. The number of hydrogen-bond acceptors (Lipinski definition) is 3. The Morgan fingerprint density at radius 2 is 1.10 bits per heavy atom. The van der Waals surface area contributed by atoms with E-state index >= 15 is 0 Å². The maximum absolute atomic E-state index is 12.2. The molecule has 124 valence electrons. The van der Waals surface area contributed by atoms with Crippen LogP contribution in [0.25, 0.3) is 0 Å². The zero-order valence-electron chi connectivity index (χ0n) is 13.9. The predicted molar refractivity (Wildman–Crippen MR) is 84.1 cm³/mol. The smallest absolute Gasteiger partial charge is 0.302 e. The monoisotopic (exact) mass is 318 g/mol. The van der Waals surface area contributed by atoms with E-state index in [1.807, 2.05) is 0 Å². The summed E-state index contributed by atoms with van der Waals surface area (Å²) in [6.45, 7) is 8.95. The van der Waals surface area contributed by atoms with E-state index in [2.05, 4.69) is 27.7 Å². The van der Waals surface area contributed by atoms with Crippen LogP contribution in [0.15, 0.2) is 0 Å². The molecular formula is C16H31O4P. The molecule has 0 aromatic heterocycles. The van der Waals surface area contributed by atoms with Crippen molar-refractivity contribution in [2.24, 2.45) is 10.8 Å². The van der Waals surface area contributed by atoms with Crippen molar-refractivity contribution in [3.05, 3.63) is 0 Å². The molecule has 0 bridgehead atoms. The fourth-order valence-electron chi connectivity index (χ4n) is 3.36. The molecule has 2 fully saturated rings. The molecule has 0 aliphatic heterocycles. The summed E-state index contributed by atoms with van der Waals surface area (Å²) in [5.41, 5.74) is 0.657. The van der Waals surface area contributed by atoms with Gasteiger partial charge in [-0.2, -0.15) is 0 Å². The highest BCUT2D eigenvalue weighted by molar-refractivity contribution is 7.47. The lowest BCUT2D eigenvalue weighted by molar-refractivity contribution is 0.0208. The predicted octanol–water partition coefficient (Wildman–Crippen LogP) is 5.06. The Labute approximate surface area is 129 Å². The Morgan fingerprint density at radius 3 is 1.38 bits per heavy atom. The van der Waals surface area contributed by atoms with Crippen molar-refractivity contribution in [2.45, 2.75) is 91.3 Å². The first-order valence-electron chi connectivity index (χ1n) is 8.27. The molecule has 0 heterocycles. The first-order valence-corrected chi connectivity index (χ1v) is 9.76. The first kappa shape index (κ1) is 17.5. The molecule has 0 aromatic rings. The van der Waals surface area contributed by atoms with Gasteiger partial charge in [0.1, 0.15) is 0 Å². The van der Waals surface area contributed by atoms with Crippen LogP contribution in [0.1, 0.15) is 79.1 Å². The minimum Gasteiger partial charge on any atom is -0.302 e. The molecule has 0 amide bonds. The van der Waals surface area contributed by atoms with Crippen LogP contribution in [0, 0.1) is 10.8 Å². The Morgan fingerprint density at radius 1 is 0.810 bits per heavy atom. The summed E-state index contributed by atoms with van der Waals surface area (Å²) in [4.78, 5) is 9.99. The summed E-state index contributed by atoms with van der Waals surface area (Å²) < 4.78 is 23.0. The SMILES string of the molecule is CC1(C)CCC(OP(=O)(O)OC2CCC(C)(C)CC2)CC1. The van der Waals surface area contributed by atoms with Gasteiger partial charge in [-0.1, -0.05) is 27.7 Å². The molecule has 1 N–H and O–H groups in total. The molecule has 2 saturated carbocycles. The Kier molecular flexibility index (Phi) is 5.25. The highest BCUT2D eigenvalue weighted by atomic mass is 31.2. The lowest BCUT2D eigenvalue weighted by Gasteiger charge is -2.36. The maximum atomic E-state index is 12.2. The third-order valence-corrected chi connectivity index (χ3v) is 6.27. The zero-order valence-corrected chi connectivity index (χ0v) is 14.8. The highest BCUT2D eigenvalue weighted by Gasteiger charge is 2.36. The molecule has 0 aromatic carbocycles. The first-order chi connectivity index (χ1) is 9.57. The van der Waals surface area contributed by atoms with Crippen molar-refractivity contribution in [3.8, 4) is 0 Å². The van der Waals surface area contributed by atoms with Gasteiger partial charge in [0.25, 0.3) is 0 Å². The van der Waals surface area contributed by atoms with Crippen molar-refractivity contribution in [3.63, 3.8) is 0 Å². The molecule has 0 radical (unpaired) electrons. The van der Waals surface area contributed by atoms with E-state index in [0.29, 0.717) is 10.8 Å². The Balaban J connectivity index is 1.79. The van der Waals surface area contributed by atoms with E-state index in [-0.39, 0.29) is 12.2 Å². The van der Waals surface area contributed by atoms with Crippen LogP contribution >= 0.6 is 7.82 Å². The van der Waals surface area contributed by atoms with E-state index in [1.165, 1.54) is 0 Å². The molecule has 0 spiro atoms. The molecule has 2 rings (SSSR count). The van der Waals surface area contributed by atoms with Gasteiger partial charge in [-0.05, 0) is 62.2 Å².